The molecule has 2 N–H and O–H groups in total. The lowest BCUT2D eigenvalue weighted by Crippen LogP contribution is -2.33. The van der Waals surface area contributed by atoms with Gasteiger partial charge in [0.1, 0.15) is 0 Å². The van der Waals surface area contributed by atoms with Gasteiger partial charge in [0.2, 0.25) is 5.91 Å². The molecule has 2 amide bonds. The van der Waals surface area contributed by atoms with E-state index in [4.69, 9.17) is 0 Å². The maximum absolute atomic E-state index is 12.8. The molecule has 2 heterocycles. The smallest absolute Gasteiger partial charge is 0.251 e. The monoisotopic (exact) mass is 534 g/mol. The number of anilines is 1. The highest BCUT2D eigenvalue weighted by Gasteiger charge is 2.25. The Kier molecular flexibility index (Phi) is 8.40. The molecule has 0 bridgehead atoms. The molecule has 37 heavy (non-hydrogen) atoms. The van der Waals surface area contributed by atoms with Gasteiger partial charge in [-0.1, -0.05) is 73.1 Å². The van der Waals surface area contributed by atoms with Gasteiger partial charge in [-0.15, -0.1) is 21.5 Å². The summed E-state index contributed by atoms with van der Waals surface area (Å²) in [6.45, 7) is 8.07. The Balaban J connectivity index is 1.37. The van der Waals surface area contributed by atoms with E-state index in [1.165, 1.54) is 28.7 Å². The molecule has 2 aromatic heterocycles. The zero-order valence-electron chi connectivity index (χ0n) is 21.5. The summed E-state index contributed by atoms with van der Waals surface area (Å²) in [7, 11) is 1.84. The largest absolute Gasteiger partial charge is 0.342 e. The maximum Gasteiger partial charge on any atom is 0.251 e. The average molecular weight is 535 g/mol. The summed E-state index contributed by atoms with van der Waals surface area (Å²) in [5, 5.41) is 17.6. The first-order valence-electron chi connectivity index (χ1n) is 11.9. The Morgan fingerprint density at radius 3 is 2.30 bits per heavy atom. The summed E-state index contributed by atoms with van der Waals surface area (Å²) in [4.78, 5) is 29.9. The van der Waals surface area contributed by atoms with Crippen LogP contribution in [-0.2, 0) is 11.8 Å². The molecule has 4 aromatic rings. The third-order valence-electron chi connectivity index (χ3n) is 5.84. The standard InChI is InChI=1S/C27H30N6O2S2/c1-16(2)23(30-25(35)20-12-8-18(4)9-13-20)24-31-32-27(33(24)5)37-15-22(34)29-26-28-21(14-36-26)19-10-6-17(3)7-11-19/h6-14,16,23H,15H2,1-5H3,(H,30,35)(H,28,29,34)/t23-/m0/s1. The number of carbonyl (C=O) groups excluding carboxylic acids is 2. The SMILES string of the molecule is Cc1ccc(C(=O)N[C@H](c2nnc(SCC(=O)Nc3nc(-c4ccc(C)cc4)cs3)n2C)C(C)C)cc1. The van der Waals surface area contributed by atoms with Crippen molar-refractivity contribution in [3.05, 3.63) is 76.4 Å². The molecule has 0 aliphatic carbocycles. The predicted molar refractivity (Wildman–Crippen MR) is 149 cm³/mol. The van der Waals surface area contributed by atoms with E-state index in [1.807, 2.05) is 93.2 Å². The molecule has 0 aliphatic heterocycles. The summed E-state index contributed by atoms with van der Waals surface area (Å²) >= 11 is 2.68. The van der Waals surface area contributed by atoms with Crippen LogP contribution in [0.3, 0.4) is 0 Å². The van der Waals surface area contributed by atoms with Crippen molar-refractivity contribution >= 4 is 40.0 Å². The normalized spacial score (nSPS) is 11.9. The van der Waals surface area contributed by atoms with E-state index in [0.29, 0.717) is 21.7 Å². The van der Waals surface area contributed by atoms with Crippen molar-refractivity contribution in [2.75, 3.05) is 11.1 Å². The van der Waals surface area contributed by atoms with Crippen LogP contribution in [0, 0.1) is 19.8 Å². The molecule has 2 aromatic carbocycles. The molecule has 0 aliphatic rings. The van der Waals surface area contributed by atoms with Crippen LogP contribution in [-0.4, -0.2) is 37.3 Å². The van der Waals surface area contributed by atoms with Crippen molar-refractivity contribution in [3.8, 4) is 11.3 Å². The number of amides is 2. The number of aryl methyl sites for hydroxylation is 2. The summed E-state index contributed by atoms with van der Waals surface area (Å²) in [6.07, 6.45) is 0. The Morgan fingerprint density at radius 1 is 1.00 bits per heavy atom. The quantitative estimate of drug-likeness (QED) is 0.278. The summed E-state index contributed by atoms with van der Waals surface area (Å²) in [6, 6.07) is 15.2. The van der Waals surface area contributed by atoms with E-state index in [1.54, 1.807) is 0 Å². The van der Waals surface area contributed by atoms with Crippen molar-refractivity contribution in [2.45, 2.75) is 38.9 Å². The van der Waals surface area contributed by atoms with Crippen molar-refractivity contribution < 1.29 is 9.59 Å². The molecule has 0 unspecified atom stereocenters. The molecule has 8 nitrogen and oxygen atoms in total. The van der Waals surface area contributed by atoms with Crippen LogP contribution in [0.4, 0.5) is 5.13 Å². The van der Waals surface area contributed by atoms with Gasteiger partial charge in [0.25, 0.3) is 5.91 Å². The highest BCUT2D eigenvalue weighted by molar-refractivity contribution is 7.99. The fraction of sp³-hybridized carbons (Fsp3) is 0.296. The van der Waals surface area contributed by atoms with Crippen LogP contribution < -0.4 is 10.6 Å². The Hall–Kier alpha value is -3.50. The highest BCUT2D eigenvalue weighted by Crippen LogP contribution is 2.27. The van der Waals surface area contributed by atoms with Gasteiger partial charge < -0.3 is 15.2 Å². The molecule has 0 saturated carbocycles. The van der Waals surface area contributed by atoms with Gasteiger partial charge in [0.15, 0.2) is 16.1 Å². The third-order valence-corrected chi connectivity index (χ3v) is 7.62. The van der Waals surface area contributed by atoms with Crippen LogP contribution >= 0.6 is 23.1 Å². The van der Waals surface area contributed by atoms with Gasteiger partial charge in [-0.3, -0.25) is 9.59 Å². The van der Waals surface area contributed by atoms with E-state index in [-0.39, 0.29) is 29.5 Å². The number of thiazole rings is 1. The molecule has 192 valence electrons. The lowest BCUT2D eigenvalue weighted by atomic mass is 10.0. The Labute approximate surface area is 224 Å². The minimum atomic E-state index is -0.329. The van der Waals surface area contributed by atoms with Gasteiger partial charge in [-0.2, -0.15) is 0 Å². The van der Waals surface area contributed by atoms with E-state index in [9.17, 15) is 9.59 Å². The average Bonchev–Trinajstić information content (AvgIpc) is 3.48. The van der Waals surface area contributed by atoms with E-state index < -0.39 is 0 Å². The number of carbonyl (C=O) groups is 2. The van der Waals surface area contributed by atoms with Crippen LogP contribution in [0.1, 0.15) is 47.2 Å². The van der Waals surface area contributed by atoms with E-state index >= 15 is 0 Å². The molecular formula is C27H30N6O2S2. The number of hydrogen-bond donors (Lipinski definition) is 2. The molecule has 1 atom stereocenters. The van der Waals surface area contributed by atoms with Crippen molar-refractivity contribution in [3.63, 3.8) is 0 Å². The Bertz CT molecular complexity index is 1380. The second kappa shape index (κ2) is 11.7. The minimum absolute atomic E-state index is 0.0890. The highest BCUT2D eigenvalue weighted by atomic mass is 32.2. The molecule has 0 spiro atoms. The number of rotatable bonds is 9. The predicted octanol–water partition coefficient (Wildman–Crippen LogP) is 5.41. The number of aromatic nitrogens is 4. The minimum Gasteiger partial charge on any atom is -0.342 e. The number of nitrogens with one attached hydrogen (secondary N) is 2. The van der Waals surface area contributed by atoms with Gasteiger partial charge in [-0.25, -0.2) is 4.98 Å². The first kappa shape index (κ1) is 26.6. The lowest BCUT2D eigenvalue weighted by molar-refractivity contribution is -0.113. The number of nitrogens with zero attached hydrogens (tertiary/aromatic N) is 4. The molecular weight excluding hydrogens is 504 g/mol. The van der Waals surface area contributed by atoms with Gasteiger partial charge in [0.05, 0.1) is 17.5 Å². The molecule has 0 radical (unpaired) electrons. The summed E-state index contributed by atoms with van der Waals surface area (Å²) in [5.41, 5.74) is 4.72. The Morgan fingerprint density at radius 2 is 1.65 bits per heavy atom. The van der Waals surface area contributed by atoms with Crippen molar-refractivity contribution in [2.24, 2.45) is 13.0 Å². The maximum atomic E-state index is 12.8. The number of benzene rings is 2. The molecule has 4 rings (SSSR count). The molecule has 10 heteroatoms. The molecule has 0 saturated heterocycles. The fourth-order valence-corrected chi connectivity index (χ4v) is 5.11. The number of hydrogen-bond acceptors (Lipinski definition) is 7. The van der Waals surface area contributed by atoms with Gasteiger partial charge in [0, 0.05) is 23.6 Å². The third kappa shape index (κ3) is 6.64. The van der Waals surface area contributed by atoms with E-state index in [2.05, 4.69) is 25.8 Å². The summed E-state index contributed by atoms with van der Waals surface area (Å²) < 4.78 is 1.83. The zero-order valence-corrected chi connectivity index (χ0v) is 23.1. The summed E-state index contributed by atoms with van der Waals surface area (Å²) in [5.74, 6) is 0.552. The fourth-order valence-electron chi connectivity index (χ4n) is 3.66. The van der Waals surface area contributed by atoms with Crippen LogP contribution in [0.2, 0.25) is 0 Å². The van der Waals surface area contributed by atoms with Crippen LogP contribution in [0.25, 0.3) is 11.3 Å². The van der Waals surface area contributed by atoms with Gasteiger partial charge >= 0.3 is 0 Å². The molecule has 0 fully saturated rings. The van der Waals surface area contributed by atoms with Gasteiger partial charge in [-0.05, 0) is 31.9 Å². The number of thioether (sulfide) groups is 1. The van der Waals surface area contributed by atoms with Crippen LogP contribution in [0.5, 0.6) is 0 Å². The second-order valence-corrected chi connectivity index (χ2v) is 11.0. The zero-order chi connectivity index (χ0) is 26.5. The van der Waals surface area contributed by atoms with Crippen molar-refractivity contribution in [1.29, 1.82) is 0 Å². The first-order chi connectivity index (χ1) is 17.7. The van der Waals surface area contributed by atoms with Crippen molar-refractivity contribution in [1.82, 2.24) is 25.1 Å². The topological polar surface area (TPSA) is 102 Å². The second-order valence-electron chi connectivity index (χ2n) is 9.20. The first-order valence-corrected chi connectivity index (χ1v) is 13.8. The lowest BCUT2D eigenvalue weighted by Gasteiger charge is -2.21. The van der Waals surface area contributed by atoms with Crippen LogP contribution in [0.15, 0.2) is 59.1 Å². The van der Waals surface area contributed by atoms with E-state index in [0.717, 1.165) is 16.8 Å².